The Morgan fingerprint density at radius 1 is 1.32 bits per heavy atom. The zero-order chi connectivity index (χ0) is 13.5. The van der Waals surface area contributed by atoms with E-state index in [-0.39, 0.29) is 5.75 Å². The molecule has 0 aliphatic heterocycles. The van der Waals surface area contributed by atoms with Gasteiger partial charge in [-0.05, 0) is 31.2 Å². The van der Waals surface area contributed by atoms with Gasteiger partial charge in [0.2, 0.25) is 0 Å². The van der Waals surface area contributed by atoms with Crippen LogP contribution < -0.4 is 10.2 Å². The fraction of sp³-hybridized carbons (Fsp3) is 0.143. The number of para-hydroxylation sites is 1. The second-order valence-electron chi connectivity index (χ2n) is 3.71. The van der Waals surface area contributed by atoms with Gasteiger partial charge >= 0.3 is 0 Å². The molecule has 0 bridgehead atoms. The molecule has 0 aliphatic carbocycles. The lowest BCUT2D eigenvalue weighted by molar-refractivity contribution is 0.318. The molecule has 5 heteroatoms. The van der Waals surface area contributed by atoms with E-state index < -0.39 is 0 Å². The van der Waals surface area contributed by atoms with Crippen LogP contribution in [0, 0.1) is 0 Å². The van der Waals surface area contributed by atoms with Crippen LogP contribution in [-0.2, 0) is 0 Å². The standard InChI is InChI=1S/C14H15N3O2/c1-2-19-12-7-5-6-11(14(12)18)10-16-17-13-8-3-4-9-15-13/h3-10,18H,2H2,1H3,(H,15,17)/b16-10+. The summed E-state index contributed by atoms with van der Waals surface area (Å²) in [6.07, 6.45) is 3.19. The van der Waals surface area contributed by atoms with Crippen LogP contribution in [0.3, 0.4) is 0 Å². The highest BCUT2D eigenvalue weighted by molar-refractivity contribution is 5.85. The molecule has 0 saturated carbocycles. The Morgan fingerprint density at radius 2 is 2.21 bits per heavy atom. The van der Waals surface area contributed by atoms with E-state index in [0.717, 1.165) is 0 Å². The van der Waals surface area contributed by atoms with Crippen molar-refractivity contribution in [2.24, 2.45) is 5.10 Å². The summed E-state index contributed by atoms with van der Waals surface area (Å²) >= 11 is 0. The Balaban J connectivity index is 2.08. The molecular formula is C14H15N3O2. The van der Waals surface area contributed by atoms with Crippen molar-refractivity contribution in [2.45, 2.75) is 6.92 Å². The lowest BCUT2D eigenvalue weighted by atomic mass is 10.2. The van der Waals surface area contributed by atoms with Crippen LogP contribution >= 0.6 is 0 Å². The summed E-state index contributed by atoms with van der Waals surface area (Å²) in [5.41, 5.74) is 3.36. The number of anilines is 1. The van der Waals surface area contributed by atoms with Crippen molar-refractivity contribution in [2.75, 3.05) is 12.0 Å². The van der Waals surface area contributed by atoms with E-state index in [2.05, 4.69) is 15.5 Å². The number of nitrogens with one attached hydrogen (secondary N) is 1. The van der Waals surface area contributed by atoms with Gasteiger partial charge in [-0.3, -0.25) is 5.43 Å². The Kier molecular flexibility index (Phi) is 4.34. The number of phenolic OH excluding ortho intramolecular Hbond substituents is 1. The number of nitrogens with zero attached hydrogens (tertiary/aromatic N) is 2. The smallest absolute Gasteiger partial charge is 0.166 e. The number of aromatic hydroxyl groups is 1. The lowest BCUT2D eigenvalue weighted by Gasteiger charge is -2.07. The van der Waals surface area contributed by atoms with Gasteiger partial charge < -0.3 is 9.84 Å². The van der Waals surface area contributed by atoms with Gasteiger partial charge in [0, 0.05) is 11.8 Å². The first kappa shape index (κ1) is 12.9. The van der Waals surface area contributed by atoms with Gasteiger partial charge in [-0.2, -0.15) is 5.10 Å². The molecule has 0 aliphatic rings. The van der Waals surface area contributed by atoms with E-state index in [4.69, 9.17) is 4.74 Å². The topological polar surface area (TPSA) is 66.7 Å². The molecule has 0 atom stereocenters. The Morgan fingerprint density at radius 3 is 2.95 bits per heavy atom. The number of pyridine rings is 1. The zero-order valence-corrected chi connectivity index (χ0v) is 10.6. The molecule has 0 amide bonds. The number of rotatable bonds is 5. The average Bonchev–Trinajstić information content (AvgIpc) is 2.44. The number of ether oxygens (including phenoxy) is 1. The Labute approximate surface area is 111 Å². The van der Waals surface area contributed by atoms with Crippen molar-refractivity contribution in [3.05, 3.63) is 48.2 Å². The summed E-state index contributed by atoms with van der Waals surface area (Å²) in [5, 5.41) is 14.0. The Hall–Kier alpha value is -2.56. The van der Waals surface area contributed by atoms with Gasteiger partial charge in [0.25, 0.3) is 0 Å². The van der Waals surface area contributed by atoms with Crippen LogP contribution in [0.15, 0.2) is 47.7 Å². The molecule has 0 unspecified atom stereocenters. The monoisotopic (exact) mass is 257 g/mol. The van der Waals surface area contributed by atoms with E-state index >= 15 is 0 Å². The minimum absolute atomic E-state index is 0.0796. The molecule has 0 radical (unpaired) electrons. The maximum atomic E-state index is 9.96. The van der Waals surface area contributed by atoms with Gasteiger partial charge in [-0.25, -0.2) is 4.98 Å². The zero-order valence-electron chi connectivity index (χ0n) is 10.6. The summed E-state index contributed by atoms with van der Waals surface area (Å²) in [6.45, 7) is 2.36. The Bertz CT molecular complexity index is 556. The molecular weight excluding hydrogens is 242 g/mol. The highest BCUT2D eigenvalue weighted by Crippen LogP contribution is 2.28. The second kappa shape index (κ2) is 6.39. The summed E-state index contributed by atoms with van der Waals surface area (Å²) in [5.74, 6) is 1.17. The van der Waals surface area contributed by atoms with Crippen LogP contribution in [0.25, 0.3) is 0 Å². The highest BCUT2D eigenvalue weighted by Gasteiger charge is 2.05. The third kappa shape index (κ3) is 3.45. The van der Waals surface area contributed by atoms with Crippen molar-refractivity contribution < 1.29 is 9.84 Å². The molecule has 0 fully saturated rings. The highest BCUT2D eigenvalue weighted by atomic mass is 16.5. The molecule has 1 heterocycles. The quantitative estimate of drug-likeness (QED) is 0.638. The van der Waals surface area contributed by atoms with Gasteiger partial charge in [0.05, 0.1) is 12.8 Å². The molecule has 0 spiro atoms. The number of hydrogen-bond acceptors (Lipinski definition) is 5. The summed E-state index contributed by atoms with van der Waals surface area (Å²) in [7, 11) is 0. The summed E-state index contributed by atoms with van der Waals surface area (Å²) in [6, 6.07) is 10.7. The van der Waals surface area contributed by atoms with Gasteiger partial charge in [-0.15, -0.1) is 0 Å². The molecule has 2 aromatic rings. The molecule has 2 N–H and O–H groups in total. The number of aromatic nitrogens is 1. The number of hydrazone groups is 1. The van der Waals surface area contributed by atoms with Crippen LogP contribution in [0.1, 0.15) is 12.5 Å². The molecule has 19 heavy (non-hydrogen) atoms. The first-order chi connectivity index (χ1) is 9.31. The first-order valence-corrected chi connectivity index (χ1v) is 5.96. The van der Waals surface area contributed by atoms with Crippen molar-refractivity contribution in [3.8, 4) is 11.5 Å². The van der Waals surface area contributed by atoms with Crippen molar-refractivity contribution in [1.82, 2.24) is 4.98 Å². The first-order valence-electron chi connectivity index (χ1n) is 5.96. The van der Waals surface area contributed by atoms with E-state index in [9.17, 15) is 5.11 Å². The minimum atomic E-state index is 0.0796. The second-order valence-corrected chi connectivity index (χ2v) is 3.71. The number of hydrogen-bond donors (Lipinski definition) is 2. The third-order valence-electron chi connectivity index (χ3n) is 2.38. The third-order valence-corrected chi connectivity index (χ3v) is 2.38. The van der Waals surface area contributed by atoms with Crippen molar-refractivity contribution >= 4 is 12.0 Å². The van der Waals surface area contributed by atoms with Crippen LogP contribution in [-0.4, -0.2) is 22.9 Å². The largest absolute Gasteiger partial charge is 0.504 e. The van der Waals surface area contributed by atoms with Crippen LogP contribution in [0.4, 0.5) is 5.82 Å². The normalized spacial score (nSPS) is 10.6. The predicted molar refractivity (Wildman–Crippen MR) is 74.7 cm³/mol. The van der Waals surface area contributed by atoms with E-state index in [1.165, 1.54) is 6.21 Å². The van der Waals surface area contributed by atoms with E-state index in [1.54, 1.807) is 30.5 Å². The SMILES string of the molecule is CCOc1cccc(/C=N/Nc2ccccn2)c1O. The van der Waals surface area contributed by atoms with Gasteiger partial charge in [0.15, 0.2) is 11.5 Å². The van der Waals surface area contributed by atoms with Crippen LogP contribution in [0.2, 0.25) is 0 Å². The number of phenols is 1. The maximum Gasteiger partial charge on any atom is 0.166 e. The van der Waals surface area contributed by atoms with Gasteiger partial charge in [-0.1, -0.05) is 12.1 Å². The summed E-state index contributed by atoms with van der Waals surface area (Å²) in [4.78, 5) is 4.07. The molecule has 5 nitrogen and oxygen atoms in total. The number of benzene rings is 1. The average molecular weight is 257 g/mol. The fourth-order valence-corrected chi connectivity index (χ4v) is 1.51. The molecule has 0 saturated heterocycles. The summed E-state index contributed by atoms with van der Waals surface area (Å²) < 4.78 is 5.30. The molecule has 2 rings (SSSR count). The lowest BCUT2D eigenvalue weighted by Crippen LogP contribution is -1.95. The van der Waals surface area contributed by atoms with E-state index in [1.807, 2.05) is 19.1 Å². The predicted octanol–water partition coefficient (Wildman–Crippen LogP) is 2.63. The van der Waals surface area contributed by atoms with E-state index in [0.29, 0.717) is 23.7 Å². The van der Waals surface area contributed by atoms with Gasteiger partial charge in [0.1, 0.15) is 5.82 Å². The maximum absolute atomic E-state index is 9.96. The van der Waals surface area contributed by atoms with Crippen molar-refractivity contribution in [1.29, 1.82) is 0 Å². The molecule has 98 valence electrons. The van der Waals surface area contributed by atoms with Crippen molar-refractivity contribution in [3.63, 3.8) is 0 Å². The fourth-order valence-electron chi connectivity index (χ4n) is 1.51. The minimum Gasteiger partial charge on any atom is -0.504 e. The molecule has 1 aromatic heterocycles. The molecule has 1 aromatic carbocycles. The van der Waals surface area contributed by atoms with Crippen LogP contribution in [0.5, 0.6) is 11.5 Å².